The molecular weight excluding hydrogens is 293 g/mol. The third-order valence-electron chi connectivity index (χ3n) is 4.63. The van der Waals surface area contributed by atoms with Gasteiger partial charge in [-0.1, -0.05) is 0 Å². The molecule has 1 aromatic heterocycles. The Hall–Kier alpha value is -1.94. The molecule has 0 spiro atoms. The number of nitrogens with zero attached hydrogens (tertiary/aromatic N) is 1. The topological polar surface area (TPSA) is 31.2 Å². The highest BCUT2D eigenvalue weighted by molar-refractivity contribution is 5.97. The quantitative estimate of drug-likeness (QED) is 0.791. The van der Waals surface area contributed by atoms with Crippen molar-refractivity contribution in [2.45, 2.75) is 33.1 Å². The fraction of sp³-hybridized carbons (Fsp3) is 0.421. The number of hydrogen-bond donors (Lipinski definition) is 0. The van der Waals surface area contributed by atoms with Crippen molar-refractivity contribution in [3.05, 3.63) is 53.1 Å². The van der Waals surface area contributed by atoms with Gasteiger partial charge in [0.2, 0.25) is 0 Å². The maximum Gasteiger partial charge on any atom is 0.164 e. The minimum Gasteiger partial charge on any atom is -0.381 e. The molecule has 0 saturated carbocycles. The molecule has 1 saturated heterocycles. The molecule has 1 aliphatic rings. The Morgan fingerprint density at radius 2 is 1.87 bits per heavy atom. The van der Waals surface area contributed by atoms with E-state index in [4.69, 9.17) is 4.74 Å². The summed E-state index contributed by atoms with van der Waals surface area (Å²) in [5, 5.41) is 0. The Morgan fingerprint density at radius 3 is 2.52 bits per heavy atom. The van der Waals surface area contributed by atoms with E-state index < -0.39 is 0 Å². The number of hydrogen-bond acceptors (Lipinski definition) is 2. The van der Waals surface area contributed by atoms with Crippen molar-refractivity contribution in [3.63, 3.8) is 0 Å². The molecular formula is C19H22FNO2. The van der Waals surface area contributed by atoms with Gasteiger partial charge < -0.3 is 9.30 Å². The van der Waals surface area contributed by atoms with Gasteiger partial charge in [0.15, 0.2) is 5.78 Å². The summed E-state index contributed by atoms with van der Waals surface area (Å²) in [4.78, 5) is 12.7. The zero-order chi connectivity index (χ0) is 16.4. The molecule has 0 atom stereocenters. The van der Waals surface area contributed by atoms with Gasteiger partial charge in [0.25, 0.3) is 0 Å². The first-order valence-corrected chi connectivity index (χ1v) is 8.12. The van der Waals surface area contributed by atoms with Crippen LogP contribution in [0, 0.1) is 25.6 Å². The standard InChI is InChI=1S/C19H22FNO2/c1-13-11-18(19(22)12-15-7-9-23-10-8-15)14(2)21(13)17-5-3-16(20)4-6-17/h3-6,11,15H,7-10,12H2,1-2H3. The first-order chi connectivity index (χ1) is 11.1. The number of ketones is 1. The van der Waals surface area contributed by atoms with Crippen LogP contribution >= 0.6 is 0 Å². The molecule has 1 fully saturated rings. The Morgan fingerprint density at radius 1 is 1.22 bits per heavy atom. The van der Waals surface area contributed by atoms with Crippen LogP contribution in [0.15, 0.2) is 30.3 Å². The van der Waals surface area contributed by atoms with E-state index in [9.17, 15) is 9.18 Å². The summed E-state index contributed by atoms with van der Waals surface area (Å²) >= 11 is 0. The summed E-state index contributed by atoms with van der Waals surface area (Å²) < 4.78 is 20.5. The van der Waals surface area contributed by atoms with E-state index in [-0.39, 0.29) is 11.6 Å². The zero-order valence-electron chi connectivity index (χ0n) is 13.6. The van der Waals surface area contributed by atoms with Gasteiger partial charge in [-0.2, -0.15) is 0 Å². The van der Waals surface area contributed by atoms with Crippen molar-refractivity contribution in [2.75, 3.05) is 13.2 Å². The lowest BCUT2D eigenvalue weighted by atomic mass is 9.92. The van der Waals surface area contributed by atoms with Gasteiger partial charge >= 0.3 is 0 Å². The molecule has 0 aliphatic carbocycles. The summed E-state index contributed by atoms with van der Waals surface area (Å²) in [6, 6.07) is 8.31. The molecule has 0 N–H and O–H groups in total. The summed E-state index contributed by atoms with van der Waals surface area (Å²) in [6.07, 6.45) is 2.50. The number of aromatic nitrogens is 1. The second-order valence-electron chi connectivity index (χ2n) is 6.28. The van der Waals surface area contributed by atoms with E-state index >= 15 is 0 Å². The van der Waals surface area contributed by atoms with Crippen LogP contribution in [0.25, 0.3) is 5.69 Å². The number of carbonyl (C=O) groups is 1. The average molecular weight is 315 g/mol. The van der Waals surface area contributed by atoms with E-state index in [1.165, 1.54) is 12.1 Å². The van der Waals surface area contributed by atoms with Crippen molar-refractivity contribution in [1.82, 2.24) is 4.57 Å². The molecule has 2 heterocycles. The maximum absolute atomic E-state index is 13.1. The first-order valence-electron chi connectivity index (χ1n) is 8.12. The summed E-state index contributed by atoms with van der Waals surface area (Å²) in [5.74, 6) is 0.357. The fourth-order valence-electron chi connectivity index (χ4n) is 3.36. The summed E-state index contributed by atoms with van der Waals surface area (Å²) in [6.45, 7) is 5.44. The second-order valence-corrected chi connectivity index (χ2v) is 6.28. The van der Waals surface area contributed by atoms with Crippen LogP contribution in [-0.2, 0) is 4.74 Å². The second kappa shape index (κ2) is 6.67. The van der Waals surface area contributed by atoms with E-state index in [1.54, 1.807) is 12.1 Å². The predicted molar refractivity (Wildman–Crippen MR) is 87.7 cm³/mol. The third-order valence-corrected chi connectivity index (χ3v) is 4.63. The van der Waals surface area contributed by atoms with Gasteiger partial charge in [-0.25, -0.2) is 4.39 Å². The van der Waals surface area contributed by atoms with Gasteiger partial charge in [-0.3, -0.25) is 4.79 Å². The Kier molecular flexibility index (Phi) is 4.62. The molecule has 122 valence electrons. The van der Waals surface area contributed by atoms with Crippen molar-refractivity contribution >= 4 is 5.78 Å². The predicted octanol–water partition coefficient (Wildman–Crippen LogP) is 4.23. The van der Waals surface area contributed by atoms with E-state index in [0.29, 0.717) is 12.3 Å². The Balaban J connectivity index is 1.85. The SMILES string of the molecule is Cc1cc(C(=O)CC2CCOCC2)c(C)n1-c1ccc(F)cc1. The minimum atomic E-state index is -0.257. The fourth-order valence-corrected chi connectivity index (χ4v) is 3.36. The lowest BCUT2D eigenvalue weighted by Gasteiger charge is -2.21. The van der Waals surface area contributed by atoms with Crippen LogP contribution in [0.5, 0.6) is 0 Å². The van der Waals surface area contributed by atoms with Crippen LogP contribution in [-0.4, -0.2) is 23.6 Å². The monoisotopic (exact) mass is 315 g/mol. The van der Waals surface area contributed by atoms with Crippen LogP contribution in [0.2, 0.25) is 0 Å². The van der Waals surface area contributed by atoms with Gasteiger partial charge in [0, 0.05) is 42.3 Å². The highest BCUT2D eigenvalue weighted by Gasteiger charge is 2.22. The number of rotatable bonds is 4. The van der Waals surface area contributed by atoms with Crippen LogP contribution in [0.1, 0.15) is 41.0 Å². The van der Waals surface area contributed by atoms with Crippen molar-refractivity contribution in [2.24, 2.45) is 5.92 Å². The number of carbonyl (C=O) groups excluding carboxylic acids is 1. The molecule has 23 heavy (non-hydrogen) atoms. The molecule has 0 amide bonds. The lowest BCUT2D eigenvalue weighted by Crippen LogP contribution is -2.19. The molecule has 0 radical (unpaired) electrons. The smallest absolute Gasteiger partial charge is 0.164 e. The highest BCUT2D eigenvalue weighted by Crippen LogP contribution is 2.26. The van der Waals surface area contributed by atoms with Gasteiger partial charge in [0.05, 0.1) is 0 Å². The summed E-state index contributed by atoms with van der Waals surface area (Å²) in [7, 11) is 0. The van der Waals surface area contributed by atoms with Crippen LogP contribution in [0.4, 0.5) is 4.39 Å². The molecule has 0 unspecified atom stereocenters. The normalized spacial score (nSPS) is 15.8. The molecule has 4 heteroatoms. The van der Waals surface area contributed by atoms with Gasteiger partial charge in [0.1, 0.15) is 5.82 Å². The van der Waals surface area contributed by atoms with Crippen molar-refractivity contribution in [3.8, 4) is 5.69 Å². The number of Topliss-reactive ketones (excluding diaryl/α,β-unsaturated/α-hetero) is 1. The van der Waals surface area contributed by atoms with Crippen molar-refractivity contribution in [1.29, 1.82) is 0 Å². The molecule has 2 aromatic rings. The summed E-state index contributed by atoms with van der Waals surface area (Å²) in [5.41, 5.74) is 3.57. The molecule has 3 nitrogen and oxygen atoms in total. The molecule has 1 aliphatic heterocycles. The van der Waals surface area contributed by atoms with Gasteiger partial charge in [-0.15, -0.1) is 0 Å². The van der Waals surface area contributed by atoms with E-state index in [0.717, 1.165) is 48.7 Å². The van der Waals surface area contributed by atoms with Gasteiger partial charge in [-0.05, 0) is 62.9 Å². The zero-order valence-corrected chi connectivity index (χ0v) is 13.6. The number of halogens is 1. The lowest BCUT2D eigenvalue weighted by molar-refractivity contribution is 0.0601. The minimum absolute atomic E-state index is 0.193. The van der Waals surface area contributed by atoms with E-state index in [1.807, 2.05) is 24.5 Å². The third kappa shape index (κ3) is 3.37. The molecule has 1 aromatic carbocycles. The molecule has 0 bridgehead atoms. The number of ether oxygens (including phenoxy) is 1. The largest absolute Gasteiger partial charge is 0.381 e. The number of benzene rings is 1. The average Bonchev–Trinajstić information content (AvgIpc) is 2.84. The maximum atomic E-state index is 13.1. The molecule has 3 rings (SSSR count). The van der Waals surface area contributed by atoms with E-state index in [2.05, 4.69) is 0 Å². The number of aryl methyl sites for hydroxylation is 1. The Labute approximate surface area is 136 Å². The Bertz CT molecular complexity index is 697. The van der Waals surface area contributed by atoms with Crippen LogP contribution in [0.3, 0.4) is 0 Å². The highest BCUT2D eigenvalue weighted by atomic mass is 19.1. The van der Waals surface area contributed by atoms with Crippen LogP contribution < -0.4 is 0 Å². The first kappa shape index (κ1) is 15.9. The van der Waals surface area contributed by atoms with Crippen molar-refractivity contribution < 1.29 is 13.9 Å².